The lowest BCUT2D eigenvalue weighted by molar-refractivity contribution is 0.0549. The summed E-state index contributed by atoms with van der Waals surface area (Å²) in [5.41, 5.74) is 0.531. The van der Waals surface area contributed by atoms with E-state index in [1.54, 1.807) is 24.3 Å². The molecule has 0 aliphatic heterocycles. The van der Waals surface area contributed by atoms with E-state index in [0.29, 0.717) is 17.2 Å². The number of ether oxygens (including phenoxy) is 1. The van der Waals surface area contributed by atoms with Gasteiger partial charge in [0.15, 0.2) is 0 Å². The molecule has 2 nitrogen and oxygen atoms in total. The van der Waals surface area contributed by atoms with Crippen LogP contribution in [-0.2, 0) is 4.74 Å². The van der Waals surface area contributed by atoms with E-state index < -0.39 is 0 Å². The normalized spacial score (nSPS) is 11.0. The molecule has 0 saturated heterocycles. The number of halogens is 1. The number of allylic oxidation sites excluding steroid dienone is 1. The van der Waals surface area contributed by atoms with Crippen molar-refractivity contribution in [2.24, 2.45) is 0 Å². The minimum atomic E-state index is -0.309. The Bertz CT molecular complexity index is 423. The van der Waals surface area contributed by atoms with Crippen molar-refractivity contribution in [2.75, 3.05) is 6.61 Å². The topological polar surface area (TPSA) is 26.3 Å². The number of hydrogen-bond acceptors (Lipinski definition) is 2. The fourth-order valence-corrected chi connectivity index (χ4v) is 2.15. The second-order valence-corrected chi connectivity index (χ2v) is 5.57. The number of rotatable bonds is 10. The second-order valence-electron chi connectivity index (χ2n) is 5.13. The Hall–Kier alpha value is -1.28. The van der Waals surface area contributed by atoms with Crippen molar-refractivity contribution in [1.29, 1.82) is 0 Å². The highest BCUT2D eigenvalue weighted by molar-refractivity contribution is 6.30. The van der Waals surface area contributed by atoms with Gasteiger partial charge in [-0.1, -0.05) is 62.8 Å². The summed E-state index contributed by atoms with van der Waals surface area (Å²) in [6.07, 6.45) is 12.9. The van der Waals surface area contributed by atoms with Gasteiger partial charge in [-0.05, 0) is 37.1 Å². The summed E-state index contributed by atoms with van der Waals surface area (Å²) in [6.45, 7) is 2.56. The van der Waals surface area contributed by atoms with E-state index >= 15 is 0 Å². The highest BCUT2D eigenvalue weighted by Crippen LogP contribution is 2.10. The molecule has 0 aliphatic carbocycles. The number of carbonyl (C=O) groups excluding carboxylic acids is 1. The minimum absolute atomic E-state index is 0.309. The van der Waals surface area contributed by atoms with E-state index in [0.717, 1.165) is 6.42 Å². The molecule has 21 heavy (non-hydrogen) atoms. The maximum Gasteiger partial charge on any atom is 0.338 e. The third-order valence-electron chi connectivity index (χ3n) is 3.28. The van der Waals surface area contributed by atoms with Crippen molar-refractivity contribution in [1.82, 2.24) is 0 Å². The first-order chi connectivity index (χ1) is 10.2. The van der Waals surface area contributed by atoms with Crippen LogP contribution in [0.3, 0.4) is 0 Å². The van der Waals surface area contributed by atoms with Crippen LogP contribution < -0.4 is 0 Å². The second kappa shape index (κ2) is 11.4. The molecule has 0 atom stereocenters. The molecule has 0 spiro atoms. The molecule has 0 bridgehead atoms. The maximum absolute atomic E-state index is 11.7. The quantitative estimate of drug-likeness (QED) is 0.310. The highest BCUT2D eigenvalue weighted by atomic mass is 35.5. The number of hydrogen-bond donors (Lipinski definition) is 0. The predicted molar refractivity (Wildman–Crippen MR) is 88.9 cm³/mol. The molecule has 0 N–H and O–H groups in total. The predicted octanol–water partition coefficient (Wildman–Crippen LogP) is 5.80. The molecule has 0 amide bonds. The molecular weight excluding hydrogens is 284 g/mol. The third kappa shape index (κ3) is 8.56. The molecular formula is C18H25ClO2. The van der Waals surface area contributed by atoms with Gasteiger partial charge in [-0.3, -0.25) is 0 Å². The van der Waals surface area contributed by atoms with Crippen LogP contribution in [0.2, 0.25) is 5.02 Å². The van der Waals surface area contributed by atoms with Crippen molar-refractivity contribution in [3.8, 4) is 0 Å². The van der Waals surface area contributed by atoms with Gasteiger partial charge >= 0.3 is 5.97 Å². The molecule has 1 aromatic rings. The van der Waals surface area contributed by atoms with E-state index in [9.17, 15) is 4.79 Å². The zero-order valence-corrected chi connectivity index (χ0v) is 13.6. The Kier molecular flexibility index (Phi) is 9.64. The molecule has 1 rings (SSSR count). The average Bonchev–Trinajstić information content (AvgIpc) is 2.49. The van der Waals surface area contributed by atoms with Crippen molar-refractivity contribution < 1.29 is 9.53 Å². The molecule has 0 unspecified atom stereocenters. The average molecular weight is 309 g/mol. The van der Waals surface area contributed by atoms with E-state index in [4.69, 9.17) is 16.3 Å². The largest absolute Gasteiger partial charge is 0.458 e. The molecule has 116 valence electrons. The lowest BCUT2D eigenvalue weighted by Crippen LogP contribution is -2.04. The minimum Gasteiger partial charge on any atom is -0.458 e. The number of carbonyl (C=O) groups is 1. The van der Waals surface area contributed by atoms with E-state index in [2.05, 4.69) is 13.0 Å². The van der Waals surface area contributed by atoms with Gasteiger partial charge in [-0.25, -0.2) is 4.79 Å². The summed E-state index contributed by atoms with van der Waals surface area (Å²) in [6, 6.07) is 6.72. The standard InChI is InChI=1S/C18H25ClO2/c1-2-3-4-5-6-7-8-9-10-15-21-18(20)16-11-13-17(19)14-12-16/h9-14H,2-8,15H2,1H3/b10-9+. The van der Waals surface area contributed by atoms with Gasteiger partial charge in [0, 0.05) is 5.02 Å². The van der Waals surface area contributed by atoms with Gasteiger partial charge in [0.1, 0.15) is 6.61 Å². The molecule has 0 radical (unpaired) electrons. The molecule has 0 aromatic heterocycles. The highest BCUT2D eigenvalue weighted by Gasteiger charge is 2.04. The molecule has 0 fully saturated rings. The summed E-state index contributed by atoms with van der Waals surface area (Å²) >= 11 is 5.77. The Labute approximate surface area is 133 Å². The van der Waals surface area contributed by atoms with E-state index in [-0.39, 0.29) is 5.97 Å². The lowest BCUT2D eigenvalue weighted by atomic mass is 10.1. The molecule has 3 heteroatoms. The smallest absolute Gasteiger partial charge is 0.338 e. The fraction of sp³-hybridized carbons (Fsp3) is 0.500. The van der Waals surface area contributed by atoms with Crippen LogP contribution in [0.4, 0.5) is 0 Å². The summed E-state index contributed by atoms with van der Waals surface area (Å²) in [4.78, 5) is 11.7. The summed E-state index contributed by atoms with van der Waals surface area (Å²) < 4.78 is 5.16. The molecule has 1 aromatic carbocycles. The van der Waals surface area contributed by atoms with Gasteiger partial charge in [0.2, 0.25) is 0 Å². The first-order valence-electron chi connectivity index (χ1n) is 7.81. The first kappa shape index (κ1) is 17.8. The van der Waals surface area contributed by atoms with Gasteiger partial charge in [0.25, 0.3) is 0 Å². The van der Waals surface area contributed by atoms with Crippen molar-refractivity contribution in [3.63, 3.8) is 0 Å². The SMILES string of the molecule is CCCCCCCC/C=C/COC(=O)c1ccc(Cl)cc1. The summed E-state index contributed by atoms with van der Waals surface area (Å²) in [7, 11) is 0. The van der Waals surface area contributed by atoms with Gasteiger partial charge in [-0.15, -0.1) is 0 Å². The van der Waals surface area contributed by atoms with Crippen molar-refractivity contribution in [2.45, 2.75) is 51.9 Å². The Morgan fingerprint density at radius 2 is 1.71 bits per heavy atom. The Morgan fingerprint density at radius 3 is 2.43 bits per heavy atom. The van der Waals surface area contributed by atoms with E-state index in [1.807, 2.05) is 6.08 Å². The monoisotopic (exact) mass is 308 g/mol. The van der Waals surface area contributed by atoms with Crippen LogP contribution in [0.25, 0.3) is 0 Å². The lowest BCUT2D eigenvalue weighted by Gasteiger charge is -2.02. The van der Waals surface area contributed by atoms with Gasteiger partial charge < -0.3 is 4.74 Å². The van der Waals surface area contributed by atoms with Crippen LogP contribution in [0, 0.1) is 0 Å². The van der Waals surface area contributed by atoms with E-state index in [1.165, 1.54) is 38.5 Å². The number of esters is 1. The van der Waals surface area contributed by atoms with Crippen molar-refractivity contribution in [3.05, 3.63) is 47.0 Å². The number of unbranched alkanes of at least 4 members (excludes halogenated alkanes) is 6. The summed E-state index contributed by atoms with van der Waals surface area (Å²) in [5.74, 6) is -0.309. The van der Waals surface area contributed by atoms with Crippen molar-refractivity contribution >= 4 is 17.6 Å². The van der Waals surface area contributed by atoms with Crippen LogP contribution in [0.1, 0.15) is 62.2 Å². The van der Waals surface area contributed by atoms with Crippen LogP contribution in [0.15, 0.2) is 36.4 Å². The summed E-state index contributed by atoms with van der Waals surface area (Å²) in [5, 5.41) is 0.616. The Morgan fingerprint density at radius 1 is 1.05 bits per heavy atom. The first-order valence-corrected chi connectivity index (χ1v) is 8.19. The maximum atomic E-state index is 11.7. The third-order valence-corrected chi connectivity index (χ3v) is 3.53. The number of benzene rings is 1. The zero-order valence-electron chi connectivity index (χ0n) is 12.8. The van der Waals surface area contributed by atoms with Crippen LogP contribution in [0.5, 0.6) is 0 Å². The Balaban J connectivity index is 2.06. The van der Waals surface area contributed by atoms with Crippen LogP contribution >= 0.6 is 11.6 Å². The van der Waals surface area contributed by atoms with Gasteiger partial charge in [0.05, 0.1) is 5.56 Å². The zero-order chi connectivity index (χ0) is 15.3. The van der Waals surface area contributed by atoms with Gasteiger partial charge in [-0.2, -0.15) is 0 Å². The molecule has 0 saturated carbocycles. The molecule has 0 aliphatic rings. The molecule has 0 heterocycles. The fourth-order valence-electron chi connectivity index (χ4n) is 2.02. The van der Waals surface area contributed by atoms with Crippen LogP contribution in [-0.4, -0.2) is 12.6 Å².